The first kappa shape index (κ1) is 12.0. The standard InChI is InChI=1S/C16H16N2O/c17-11-12-5-4-8-14-15(9-10-18-16(12)14)19-13-6-2-1-3-7-13/h4-5,8-10,13H,1-3,6-7H2. The molecule has 0 unspecified atom stereocenters. The molecule has 0 aliphatic heterocycles. The Kier molecular flexibility index (Phi) is 3.33. The van der Waals surface area contributed by atoms with Gasteiger partial charge in [-0.3, -0.25) is 4.98 Å². The van der Waals surface area contributed by atoms with Crippen LogP contribution in [0.2, 0.25) is 0 Å². The molecule has 3 heteroatoms. The smallest absolute Gasteiger partial charge is 0.130 e. The van der Waals surface area contributed by atoms with E-state index in [0.29, 0.717) is 11.7 Å². The fraction of sp³-hybridized carbons (Fsp3) is 0.375. The van der Waals surface area contributed by atoms with Gasteiger partial charge in [-0.05, 0) is 43.9 Å². The Morgan fingerprint density at radius 2 is 2.00 bits per heavy atom. The van der Waals surface area contributed by atoms with Crippen LogP contribution in [0.4, 0.5) is 0 Å². The predicted molar refractivity (Wildman–Crippen MR) is 74.0 cm³/mol. The number of nitriles is 1. The molecule has 0 amide bonds. The Labute approximate surface area is 112 Å². The second-order valence-corrected chi connectivity index (χ2v) is 5.00. The first-order valence-corrected chi connectivity index (χ1v) is 6.83. The number of benzene rings is 1. The maximum absolute atomic E-state index is 9.12. The average Bonchev–Trinajstić information content (AvgIpc) is 2.48. The Balaban J connectivity index is 1.97. The maximum Gasteiger partial charge on any atom is 0.130 e. The molecule has 1 aromatic carbocycles. The minimum Gasteiger partial charge on any atom is -0.490 e. The second-order valence-electron chi connectivity index (χ2n) is 5.00. The number of hydrogen-bond donors (Lipinski definition) is 0. The van der Waals surface area contributed by atoms with Gasteiger partial charge in [0, 0.05) is 11.6 Å². The molecule has 1 aliphatic carbocycles. The highest BCUT2D eigenvalue weighted by Crippen LogP contribution is 2.29. The fourth-order valence-electron chi connectivity index (χ4n) is 2.71. The van der Waals surface area contributed by atoms with Gasteiger partial charge < -0.3 is 4.74 Å². The van der Waals surface area contributed by atoms with E-state index in [1.807, 2.05) is 18.2 Å². The van der Waals surface area contributed by atoms with E-state index in [2.05, 4.69) is 11.1 Å². The Bertz CT molecular complexity index is 624. The van der Waals surface area contributed by atoms with Crippen molar-refractivity contribution in [2.75, 3.05) is 0 Å². The van der Waals surface area contributed by atoms with Gasteiger partial charge in [0.25, 0.3) is 0 Å². The largest absolute Gasteiger partial charge is 0.490 e. The van der Waals surface area contributed by atoms with Crippen LogP contribution >= 0.6 is 0 Å². The number of rotatable bonds is 2. The summed E-state index contributed by atoms with van der Waals surface area (Å²) in [5.41, 5.74) is 1.34. The van der Waals surface area contributed by atoms with Gasteiger partial charge in [0.15, 0.2) is 0 Å². The Morgan fingerprint density at radius 3 is 2.79 bits per heavy atom. The SMILES string of the molecule is N#Cc1cccc2c(OC3CCCCC3)ccnc12. The zero-order valence-electron chi connectivity index (χ0n) is 10.8. The molecule has 1 fully saturated rings. The summed E-state index contributed by atoms with van der Waals surface area (Å²) >= 11 is 0. The molecule has 1 saturated carbocycles. The van der Waals surface area contributed by atoms with Crippen molar-refractivity contribution in [3.05, 3.63) is 36.0 Å². The number of nitrogens with zero attached hydrogens (tertiary/aromatic N) is 2. The van der Waals surface area contributed by atoms with Gasteiger partial charge >= 0.3 is 0 Å². The molecule has 1 aromatic heterocycles. The van der Waals surface area contributed by atoms with E-state index in [0.717, 1.165) is 29.5 Å². The zero-order valence-corrected chi connectivity index (χ0v) is 10.8. The highest BCUT2D eigenvalue weighted by molar-refractivity contribution is 5.89. The van der Waals surface area contributed by atoms with Crippen LogP contribution in [0.25, 0.3) is 10.9 Å². The molecule has 0 radical (unpaired) electrons. The molecule has 1 heterocycles. The van der Waals surface area contributed by atoms with Crippen molar-refractivity contribution in [1.29, 1.82) is 5.26 Å². The number of fused-ring (bicyclic) bond motifs is 1. The van der Waals surface area contributed by atoms with Crippen molar-refractivity contribution in [3.8, 4) is 11.8 Å². The van der Waals surface area contributed by atoms with Crippen molar-refractivity contribution in [2.45, 2.75) is 38.2 Å². The van der Waals surface area contributed by atoms with Gasteiger partial charge in [-0.15, -0.1) is 0 Å². The third-order valence-corrected chi connectivity index (χ3v) is 3.70. The minimum atomic E-state index is 0.310. The summed E-state index contributed by atoms with van der Waals surface area (Å²) in [6, 6.07) is 9.73. The van der Waals surface area contributed by atoms with Crippen LogP contribution in [0.15, 0.2) is 30.5 Å². The fourth-order valence-corrected chi connectivity index (χ4v) is 2.71. The number of aromatic nitrogens is 1. The minimum absolute atomic E-state index is 0.310. The van der Waals surface area contributed by atoms with Crippen molar-refractivity contribution in [1.82, 2.24) is 4.98 Å². The summed E-state index contributed by atoms with van der Waals surface area (Å²) in [5.74, 6) is 0.856. The quantitative estimate of drug-likeness (QED) is 0.816. The van der Waals surface area contributed by atoms with Gasteiger partial charge in [-0.2, -0.15) is 5.26 Å². The van der Waals surface area contributed by atoms with E-state index in [-0.39, 0.29) is 0 Å². The summed E-state index contributed by atoms with van der Waals surface area (Å²) in [4.78, 5) is 4.30. The van der Waals surface area contributed by atoms with Crippen LogP contribution in [-0.4, -0.2) is 11.1 Å². The monoisotopic (exact) mass is 252 g/mol. The van der Waals surface area contributed by atoms with Gasteiger partial charge in [0.1, 0.15) is 11.8 Å². The van der Waals surface area contributed by atoms with Gasteiger partial charge in [0.05, 0.1) is 17.2 Å². The third kappa shape index (κ3) is 2.39. The lowest BCUT2D eigenvalue weighted by molar-refractivity contribution is 0.157. The summed E-state index contributed by atoms with van der Waals surface area (Å²) in [7, 11) is 0. The van der Waals surface area contributed by atoms with Gasteiger partial charge in [-0.1, -0.05) is 12.5 Å². The van der Waals surface area contributed by atoms with Crippen LogP contribution in [0.1, 0.15) is 37.7 Å². The van der Waals surface area contributed by atoms with Crippen LogP contribution in [0, 0.1) is 11.3 Å². The number of para-hydroxylation sites is 1. The normalized spacial score (nSPS) is 16.2. The van der Waals surface area contributed by atoms with E-state index < -0.39 is 0 Å². The van der Waals surface area contributed by atoms with Gasteiger partial charge in [-0.25, -0.2) is 0 Å². The average molecular weight is 252 g/mol. The number of hydrogen-bond acceptors (Lipinski definition) is 3. The van der Waals surface area contributed by atoms with Crippen LogP contribution in [0.5, 0.6) is 5.75 Å². The highest BCUT2D eigenvalue weighted by Gasteiger charge is 2.16. The third-order valence-electron chi connectivity index (χ3n) is 3.70. The van der Waals surface area contributed by atoms with Crippen molar-refractivity contribution in [3.63, 3.8) is 0 Å². The van der Waals surface area contributed by atoms with E-state index in [1.54, 1.807) is 12.3 Å². The van der Waals surface area contributed by atoms with Gasteiger partial charge in [0.2, 0.25) is 0 Å². The second kappa shape index (κ2) is 5.27. The molecular formula is C16H16N2O. The summed E-state index contributed by atoms with van der Waals surface area (Å²) in [5, 5.41) is 10.1. The van der Waals surface area contributed by atoms with Crippen molar-refractivity contribution < 1.29 is 4.74 Å². The molecule has 3 rings (SSSR count). The first-order valence-electron chi connectivity index (χ1n) is 6.83. The number of pyridine rings is 1. The molecule has 1 aliphatic rings. The zero-order chi connectivity index (χ0) is 13.1. The van der Waals surface area contributed by atoms with E-state index in [4.69, 9.17) is 10.00 Å². The molecular weight excluding hydrogens is 236 g/mol. The summed E-state index contributed by atoms with van der Waals surface area (Å²) in [6.45, 7) is 0. The van der Waals surface area contributed by atoms with E-state index in [1.165, 1.54) is 19.3 Å². The lowest BCUT2D eigenvalue weighted by Gasteiger charge is -2.23. The Morgan fingerprint density at radius 1 is 1.16 bits per heavy atom. The summed E-state index contributed by atoms with van der Waals surface area (Å²) in [6.07, 6.45) is 8.10. The summed E-state index contributed by atoms with van der Waals surface area (Å²) < 4.78 is 6.12. The van der Waals surface area contributed by atoms with Crippen LogP contribution in [-0.2, 0) is 0 Å². The van der Waals surface area contributed by atoms with Crippen molar-refractivity contribution >= 4 is 10.9 Å². The maximum atomic E-state index is 9.12. The lowest BCUT2D eigenvalue weighted by Crippen LogP contribution is -2.19. The molecule has 19 heavy (non-hydrogen) atoms. The van der Waals surface area contributed by atoms with E-state index in [9.17, 15) is 0 Å². The van der Waals surface area contributed by atoms with Crippen molar-refractivity contribution in [2.24, 2.45) is 0 Å². The molecule has 2 aromatic rings. The van der Waals surface area contributed by atoms with Crippen LogP contribution < -0.4 is 4.74 Å². The Hall–Kier alpha value is -2.08. The molecule has 0 N–H and O–H groups in total. The van der Waals surface area contributed by atoms with E-state index >= 15 is 0 Å². The lowest BCUT2D eigenvalue weighted by atomic mass is 9.98. The number of ether oxygens (including phenoxy) is 1. The molecule has 0 spiro atoms. The molecule has 3 nitrogen and oxygen atoms in total. The molecule has 0 atom stereocenters. The predicted octanol–water partition coefficient (Wildman–Crippen LogP) is 3.82. The molecule has 0 bridgehead atoms. The van der Waals surface area contributed by atoms with Crippen LogP contribution in [0.3, 0.4) is 0 Å². The topological polar surface area (TPSA) is 45.9 Å². The molecule has 96 valence electrons. The molecule has 0 saturated heterocycles. The highest BCUT2D eigenvalue weighted by atomic mass is 16.5. The first-order chi connectivity index (χ1) is 9.38.